The van der Waals surface area contributed by atoms with Crippen LogP contribution in [0.5, 0.6) is 0 Å². The number of carbonyl (C=O) groups is 1. The van der Waals surface area contributed by atoms with Gasteiger partial charge in [-0.3, -0.25) is 0 Å². The number of hydrogen-bond donors (Lipinski definition) is 2. The molecule has 3 N–H and O–H groups in total. The van der Waals surface area contributed by atoms with E-state index >= 15 is 0 Å². The van der Waals surface area contributed by atoms with Crippen molar-refractivity contribution in [2.45, 2.75) is 107 Å². The predicted octanol–water partition coefficient (Wildman–Crippen LogP) is 3.06. The Morgan fingerprint density at radius 1 is 1.23 bits per heavy atom. The van der Waals surface area contributed by atoms with E-state index in [1.807, 2.05) is 0 Å². The molecular weight excluding hydrogens is 384 g/mol. The zero-order valence-corrected chi connectivity index (χ0v) is 18.8. The quantitative estimate of drug-likeness (QED) is 0.504. The second-order valence-corrected chi connectivity index (χ2v) is 10.1. The van der Waals surface area contributed by atoms with Crippen LogP contribution < -0.4 is 11.1 Å². The van der Waals surface area contributed by atoms with Crippen molar-refractivity contribution in [3.05, 3.63) is 11.6 Å². The van der Waals surface area contributed by atoms with Gasteiger partial charge in [-0.05, 0) is 65.7 Å². The third-order valence-corrected chi connectivity index (χ3v) is 7.59. The summed E-state index contributed by atoms with van der Waals surface area (Å²) in [5.74, 6) is 0.0461. The lowest BCUT2D eigenvalue weighted by molar-refractivity contribution is -0.118. The van der Waals surface area contributed by atoms with Crippen LogP contribution in [0.1, 0.15) is 65.7 Å². The Morgan fingerprint density at radius 3 is 2.53 bits per heavy atom. The number of alkyl carbamates (subject to hydrolysis) is 1. The second-order valence-electron chi connectivity index (χ2n) is 10.1. The number of ether oxygens (including phenoxy) is 4. The molecule has 4 fully saturated rings. The lowest BCUT2D eigenvalue weighted by Gasteiger charge is -2.42. The topological polar surface area (TPSA) is 98.6 Å². The standard InChI is InChI=1S/C23H38N2O5/c1-14(2)5-10-18-22(3,30-18)20-19(27-4)17(11-12-23(20)13-28-23)29-21(26)25-16-8-6-15(24)7-9-16/h5,15-20H,6-13,24H2,1-4H3,(H,25,26)/t15-,16-,17?,18-,19?,20?,22+,23+/m1/s1. The number of hydrogen-bond acceptors (Lipinski definition) is 6. The number of allylic oxidation sites excluding steroid dienone is 1. The molecule has 30 heavy (non-hydrogen) atoms. The zero-order valence-electron chi connectivity index (χ0n) is 18.8. The molecule has 1 spiro atoms. The average molecular weight is 423 g/mol. The highest BCUT2D eigenvalue weighted by Gasteiger charge is 2.72. The molecule has 7 heteroatoms. The van der Waals surface area contributed by atoms with Gasteiger partial charge in [0, 0.05) is 19.2 Å². The summed E-state index contributed by atoms with van der Waals surface area (Å²) in [5.41, 5.74) is 6.74. The fourth-order valence-corrected chi connectivity index (χ4v) is 5.67. The molecule has 6 atom stereocenters. The van der Waals surface area contributed by atoms with Crippen molar-refractivity contribution in [2.75, 3.05) is 13.7 Å². The molecule has 2 aliphatic heterocycles. The monoisotopic (exact) mass is 422 g/mol. The molecule has 0 aromatic rings. The van der Waals surface area contributed by atoms with Crippen molar-refractivity contribution in [1.82, 2.24) is 5.32 Å². The van der Waals surface area contributed by atoms with Gasteiger partial charge in [0.05, 0.1) is 18.6 Å². The van der Waals surface area contributed by atoms with Crippen molar-refractivity contribution in [3.63, 3.8) is 0 Å². The molecule has 3 unspecified atom stereocenters. The molecule has 1 amide bonds. The summed E-state index contributed by atoms with van der Waals surface area (Å²) in [5, 5.41) is 3.04. The van der Waals surface area contributed by atoms with Crippen molar-refractivity contribution >= 4 is 6.09 Å². The van der Waals surface area contributed by atoms with Gasteiger partial charge in [0.2, 0.25) is 0 Å². The average Bonchev–Trinajstić information content (AvgIpc) is 3.61. The molecule has 7 nitrogen and oxygen atoms in total. The molecule has 0 radical (unpaired) electrons. The van der Waals surface area contributed by atoms with Crippen LogP contribution in [-0.4, -0.2) is 61.4 Å². The molecule has 170 valence electrons. The van der Waals surface area contributed by atoms with E-state index in [2.05, 4.69) is 32.2 Å². The van der Waals surface area contributed by atoms with E-state index in [4.69, 9.17) is 24.7 Å². The molecule has 4 aliphatic rings. The maximum atomic E-state index is 12.6. The van der Waals surface area contributed by atoms with E-state index in [1.54, 1.807) is 7.11 Å². The number of amides is 1. The van der Waals surface area contributed by atoms with E-state index in [9.17, 15) is 4.79 Å². The van der Waals surface area contributed by atoms with Crippen molar-refractivity contribution in [2.24, 2.45) is 11.7 Å². The first-order valence-corrected chi connectivity index (χ1v) is 11.5. The smallest absolute Gasteiger partial charge is 0.407 e. The van der Waals surface area contributed by atoms with Gasteiger partial charge in [-0.1, -0.05) is 11.6 Å². The van der Waals surface area contributed by atoms with Crippen molar-refractivity contribution in [3.8, 4) is 0 Å². The van der Waals surface area contributed by atoms with E-state index in [0.29, 0.717) is 0 Å². The number of nitrogens with two attached hydrogens (primary N) is 1. The van der Waals surface area contributed by atoms with Crippen LogP contribution in [-0.2, 0) is 18.9 Å². The number of carbonyl (C=O) groups excluding carboxylic acids is 1. The van der Waals surface area contributed by atoms with Gasteiger partial charge in [0.15, 0.2) is 0 Å². The highest BCUT2D eigenvalue weighted by Crippen LogP contribution is 2.59. The maximum Gasteiger partial charge on any atom is 0.407 e. The predicted molar refractivity (Wildman–Crippen MR) is 113 cm³/mol. The summed E-state index contributed by atoms with van der Waals surface area (Å²) in [6, 6.07) is 0.401. The summed E-state index contributed by atoms with van der Waals surface area (Å²) in [6.07, 6.45) is 7.68. The van der Waals surface area contributed by atoms with Crippen LogP contribution in [0.2, 0.25) is 0 Å². The lowest BCUT2D eigenvalue weighted by atomic mass is 9.68. The fraction of sp³-hybridized carbons (Fsp3) is 0.870. The highest BCUT2D eigenvalue weighted by atomic mass is 16.6. The normalized spacial score (nSPS) is 45.0. The molecule has 0 aromatic carbocycles. The molecule has 0 bridgehead atoms. The first-order chi connectivity index (χ1) is 14.3. The van der Waals surface area contributed by atoms with Crippen LogP contribution in [0, 0.1) is 5.92 Å². The van der Waals surface area contributed by atoms with E-state index in [1.165, 1.54) is 5.57 Å². The van der Waals surface area contributed by atoms with E-state index in [-0.39, 0.29) is 53.6 Å². The van der Waals surface area contributed by atoms with Gasteiger partial charge in [0.1, 0.15) is 23.4 Å². The van der Waals surface area contributed by atoms with E-state index in [0.717, 1.165) is 51.6 Å². The molecular formula is C23H38N2O5. The minimum atomic E-state index is -0.350. The van der Waals surface area contributed by atoms with Gasteiger partial charge in [-0.25, -0.2) is 4.79 Å². The third kappa shape index (κ3) is 4.40. The Balaban J connectivity index is 1.40. The van der Waals surface area contributed by atoms with Gasteiger partial charge >= 0.3 is 6.09 Å². The van der Waals surface area contributed by atoms with Crippen LogP contribution >= 0.6 is 0 Å². The molecule has 4 rings (SSSR count). The van der Waals surface area contributed by atoms with Gasteiger partial charge < -0.3 is 30.0 Å². The van der Waals surface area contributed by atoms with E-state index < -0.39 is 0 Å². The van der Waals surface area contributed by atoms with Crippen molar-refractivity contribution in [1.29, 1.82) is 0 Å². The number of nitrogens with one attached hydrogen (secondary N) is 1. The highest BCUT2D eigenvalue weighted by molar-refractivity contribution is 5.68. The molecule has 2 saturated carbocycles. The Kier molecular flexibility index (Phi) is 6.19. The molecule has 2 aliphatic carbocycles. The summed E-state index contributed by atoms with van der Waals surface area (Å²) in [7, 11) is 1.70. The fourth-order valence-electron chi connectivity index (χ4n) is 5.67. The van der Waals surface area contributed by atoms with Gasteiger partial charge in [0.25, 0.3) is 0 Å². The molecule has 2 saturated heterocycles. The van der Waals surface area contributed by atoms with Crippen LogP contribution in [0.25, 0.3) is 0 Å². The summed E-state index contributed by atoms with van der Waals surface area (Å²) >= 11 is 0. The summed E-state index contributed by atoms with van der Waals surface area (Å²) in [6.45, 7) is 7.09. The Bertz CT molecular complexity index is 667. The first-order valence-electron chi connectivity index (χ1n) is 11.5. The van der Waals surface area contributed by atoms with Crippen LogP contribution in [0.4, 0.5) is 4.79 Å². The Labute approximate surface area is 180 Å². The largest absolute Gasteiger partial charge is 0.443 e. The SMILES string of the molecule is COC1C(OC(=O)N[C@H]2CC[C@H](N)CC2)CC[C@]2(CO2)C1[C@@]1(C)O[C@@H]1CC=C(C)C. The Morgan fingerprint density at radius 2 is 1.93 bits per heavy atom. The summed E-state index contributed by atoms with van der Waals surface area (Å²) in [4.78, 5) is 12.6. The van der Waals surface area contributed by atoms with Crippen LogP contribution in [0.3, 0.4) is 0 Å². The number of rotatable bonds is 6. The lowest BCUT2D eigenvalue weighted by Crippen LogP contribution is -2.56. The summed E-state index contributed by atoms with van der Waals surface area (Å²) < 4.78 is 24.0. The molecule has 0 aromatic heterocycles. The first kappa shape index (κ1) is 22.1. The van der Waals surface area contributed by atoms with Gasteiger partial charge in [-0.2, -0.15) is 0 Å². The second kappa shape index (κ2) is 8.41. The maximum absolute atomic E-state index is 12.6. The zero-order chi connectivity index (χ0) is 21.5. The number of epoxide rings is 2. The minimum absolute atomic E-state index is 0.0461. The third-order valence-electron chi connectivity index (χ3n) is 7.59. The molecule has 2 heterocycles. The van der Waals surface area contributed by atoms with Crippen LogP contribution in [0.15, 0.2) is 11.6 Å². The number of methoxy groups -OCH3 is 1. The Hall–Kier alpha value is -1.15. The minimum Gasteiger partial charge on any atom is -0.443 e. The van der Waals surface area contributed by atoms with Crippen molar-refractivity contribution < 1.29 is 23.7 Å². The van der Waals surface area contributed by atoms with Gasteiger partial charge in [-0.15, -0.1) is 0 Å².